The smallest absolute Gasteiger partial charge is 0.207 e. The molecule has 0 saturated heterocycles. The standard InChI is InChI=1S/C15H15Br2NO2S/c1-2-11-9-13(16)7-8-15(11)21(19,20)18-10-12-5-3-4-6-14(12)17/h3-9,18H,2,10H2,1H3. The highest BCUT2D eigenvalue weighted by atomic mass is 79.9. The second kappa shape index (κ2) is 7.05. The largest absolute Gasteiger partial charge is 0.241 e. The van der Waals surface area contributed by atoms with E-state index >= 15 is 0 Å². The molecule has 0 saturated carbocycles. The summed E-state index contributed by atoms with van der Waals surface area (Å²) in [5, 5.41) is 0. The zero-order chi connectivity index (χ0) is 15.5. The van der Waals surface area contributed by atoms with E-state index in [0.717, 1.165) is 20.1 Å². The number of benzene rings is 2. The Morgan fingerprint density at radius 3 is 2.43 bits per heavy atom. The number of halogens is 2. The number of sulfonamides is 1. The molecule has 2 aromatic carbocycles. The lowest BCUT2D eigenvalue weighted by Crippen LogP contribution is -2.24. The first-order chi connectivity index (χ1) is 9.94. The lowest BCUT2D eigenvalue weighted by molar-refractivity contribution is 0.580. The topological polar surface area (TPSA) is 46.2 Å². The van der Waals surface area contributed by atoms with Crippen LogP contribution in [0.4, 0.5) is 0 Å². The molecule has 0 aliphatic carbocycles. The third-order valence-electron chi connectivity index (χ3n) is 3.10. The van der Waals surface area contributed by atoms with E-state index in [9.17, 15) is 8.42 Å². The Hall–Kier alpha value is -0.690. The van der Waals surface area contributed by atoms with Crippen LogP contribution in [0.2, 0.25) is 0 Å². The van der Waals surface area contributed by atoms with E-state index in [-0.39, 0.29) is 6.54 Å². The summed E-state index contributed by atoms with van der Waals surface area (Å²) in [6.07, 6.45) is 0.657. The molecule has 0 bridgehead atoms. The Balaban J connectivity index is 2.25. The van der Waals surface area contributed by atoms with Crippen molar-refractivity contribution in [3.63, 3.8) is 0 Å². The maximum atomic E-state index is 12.5. The molecule has 0 heterocycles. The maximum Gasteiger partial charge on any atom is 0.241 e. The van der Waals surface area contributed by atoms with Crippen LogP contribution in [-0.4, -0.2) is 8.42 Å². The molecule has 0 aliphatic heterocycles. The zero-order valence-electron chi connectivity index (χ0n) is 11.4. The van der Waals surface area contributed by atoms with Crippen LogP contribution in [0.15, 0.2) is 56.3 Å². The summed E-state index contributed by atoms with van der Waals surface area (Å²) in [7, 11) is -3.53. The zero-order valence-corrected chi connectivity index (χ0v) is 15.4. The van der Waals surface area contributed by atoms with Crippen LogP contribution < -0.4 is 4.72 Å². The van der Waals surface area contributed by atoms with Gasteiger partial charge in [-0.25, -0.2) is 13.1 Å². The molecule has 1 N–H and O–H groups in total. The van der Waals surface area contributed by atoms with Crippen molar-refractivity contribution in [2.45, 2.75) is 24.8 Å². The fourth-order valence-electron chi connectivity index (χ4n) is 1.98. The molecule has 0 spiro atoms. The van der Waals surface area contributed by atoms with Gasteiger partial charge in [0, 0.05) is 15.5 Å². The number of aryl methyl sites for hydroxylation is 1. The molecule has 0 fully saturated rings. The highest BCUT2D eigenvalue weighted by Crippen LogP contribution is 2.22. The molecule has 0 atom stereocenters. The van der Waals surface area contributed by atoms with Gasteiger partial charge < -0.3 is 0 Å². The summed E-state index contributed by atoms with van der Waals surface area (Å²) in [6, 6.07) is 12.8. The molecular formula is C15H15Br2NO2S. The van der Waals surface area contributed by atoms with Gasteiger partial charge in [-0.15, -0.1) is 0 Å². The minimum Gasteiger partial charge on any atom is -0.207 e. The van der Waals surface area contributed by atoms with Crippen molar-refractivity contribution in [1.29, 1.82) is 0 Å². The molecular weight excluding hydrogens is 418 g/mol. The van der Waals surface area contributed by atoms with Crippen molar-refractivity contribution in [2.75, 3.05) is 0 Å². The Morgan fingerprint density at radius 1 is 1.05 bits per heavy atom. The normalized spacial score (nSPS) is 11.6. The van der Waals surface area contributed by atoms with Gasteiger partial charge in [-0.05, 0) is 41.8 Å². The Kier molecular flexibility index (Phi) is 5.60. The molecule has 0 unspecified atom stereocenters. The van der Waals surface area contributed by atoms with Crippen molar-refractivity contribution in [2.24, 2.45) is 0 Å². The summed E-state index contributed by atoms with van der Waals surface area (Å²) in [5.74, 6) is 0. The quantitative estimate of drug-likeness (QED) is 0.767. The molecule has 0 radical (unpaired) electrons. The number of rotatable bonds is 5. The van der Waals surface area contributed by atoms with Gasteiger partial charge in [0.05, 0.1) is 4.90 Å². The van der Waals surface area contributed by atoms with Crippen LogP contribution in [0.1, 0.15) is 18.1 Å². The minimum atomic E-state index is -3.53. The van der Waals surface area contributed by atoms with Crippen LogP contribution in [0.25, 0.3) is 0 Å². The predicted octanol–water partition coefficient (Wildman–Crippen LogP) is 4.25. The van der Waals surface area contributed by atoms with Gasteiger partial charge in [-0.1, -0.05) is 57.0 Å². The van der Waals surface area contributed by atoms with Crippen molar-refractivity contribution >= 4 is 41.9 Å². The van der Waals surface area contributed by atoms with Crippen LogP contribution in [0.3, 0.4) is 0 Å². The van der Waals surface area contributed by atoms with Gasteiger partial charge in [0.15, 0.2) is 0 Å². The van der Waals surface area contributed by atoms with E-state index in [0.29, 0.717) is 11.3 Å². The lowest BCUT2D eigenvalue weighted by Gasteiger charge is -2.11. The second-order valence-electron chi connectivity index (χ2n) is 4.52. The molecule has 0 aromatic heterocycles. The first-order valence-electron chi connectivity index (χ1n) is 6.45. The van der Waals surface area contributed by atoms with Crippen molar-refractivity contribution in [3.05, 3.63) is 62.5 Å². The lowest BCUT2D eigenvalue weighted by atomic mass is 10.2. The van der Waals surface area contributed by atoms with Crippen LogP contribution in [0.5, 0.6) is 0 Å². The highest BCUT2D eigenvalue weighted by Gasteiger charge is 2.18. The van der Waals surface area contributed by atoms with Gasteiger partial charge in [-0.3, -0.25) is 0 Å². The molecule has 2 aromatic rings. The third kappa shape index (κ3) is 4.16. The van der Waals surface area contributed by atoms with Gasteiger partial charge in [0.1, 0.15) is 0 Å². The van der Waals surface area contributed by atoms with E-state index in [1.54, 1.807) is 12.1 Å². The van der Waals surface area contributed by atoms with Gasteiger partial charge in [0.2, 0.25) is 10.0 Å². The fraction of sp³-hybridized carbons (Fsp3) is 0.200. The fourth-order valence-corrected chi connectivity index (χ4v) is 4.11. The molecule has 21 heavy (non-hydrogen) atoms. The molecule has 0 aliphatic rings. The number of nitrogens with one attached hydrogen (secondary N) is 1. The third-order valence-corrected chi connectivity index (χ3v) is 5.87. The Bertz CT molecular complexity index is 745. The van der Waals surface area contributed by atoms with Crippen LogP contribution in [-0.2, 0) is 23.0 Å². The maximum absolute atomic E-state index is 12.5. The van der Waals surface area contributed by atoms with Crippen LogP contribution >= 0.6 is 31.9 Å². The van der Waals surface area contributed by atoms with Crippen molar-refractivity contribution in [1.82, 2.24) is 4.72 Å². The Labute approximate surface area is 142 Å². The van der Waals surface area contributed by atoms with Gasteiger partial charge in [-0.2, -0.15) is 0 Å². The van der Waals surface area contributed by atoms with E-state index in [4.69, 9.17) is 0 Å². The van der Waals surface area contributed by atoms with E-state index < -0.39 is 10.0 Å². The molecule has 3 nitrogen and oxygen atoms in total. The first kappa shape index (κ1) is 16.7. The second-order valence-corrected chi connectivity index (χ2v) is 8.03. The van der Waals surface area contributed by atoms with Crippen molar-refractivity contribution < 1.29 is 8.42 Å². The summed E-state index contributed by atoms with van der Waals surface area (Å²) in [5.41, 5.74) is 1.69. The SMILES string of the molecule is CCc1cc(Br)ccc1S(=O)(=O)NCc1ccccc1Br. The van der Waals surface area contributed by atoms with Gasteiger partial charge >= 0.3 is 0 Å². The minimum absolute atomic E-state index is 0.253. The molecule has 112 valence electrons. The van der Waals surface area contributed by atoms with Gasteiger partial charge in [0.25, 0.3) is 0 Å². The van der Waals surface area contributed by atoms with E-state index in [2.05, 4.69) is 36.6 Å². The summed E-state index contributed by atoms with van der Waals surface area (Å²) in [6.45, 7) is 2.19. The average molecular weight is 433 g/mol. The molecule has 2 rings (SSSR count). The van der Waals surface area contributed by atoms with Crippen LogP contribution in [0, 0.1) is 0 Å². The molecule has 6 heteroatoms. The van der Waals surface area contributed by atoms with E-state index in [1.807, 2.05) is 37.3 Å². The monoisotopic (exact) mass is 431 g/mol. The number of hydrogen-bond donors (Lipinski definition) is 1. The summed E-state index contributed by atoms with van der Waals surface area (Å²) < 4.78 is 29.4. The predicted molar refractivity (Wildman–Crippen MR) is 91.7 cm³/mol. The Morgan fingerprint density at radius 2 is 1.76 bits per heavy atom. The van der Waals surface area contributed by atoms with E-state index in [1.165, 1.54) is 0 Å². The average Bonchev–Trinajstić information content (AvgIpc) is 2.46. The first-order valence-corrected chi connectivity index (χ1v) is 9.52. The summed E-state index contributed by atoms with van der Waals surface area (Å²) in [4.78, 5) is 0.334. The summed E-state index contributed by atoms with van der Waals surface area (Å²) >= 11 is 6.78. The number of hydrogen-bond acceptors (Lipinski definition) is 2. The molecule has 0 amide bonds. The van der Waals surface area contributed by atoms with Crippen molar-refractivity contribution in [3.8, 4) is 0 Å². The highest BCUT2D eigenvalue weighted by molar-refractivity contribution is 9.10.